The topological polar surface area (TPSA) is 104 Å². The summed E-state index contributed by atoms with van der Waals surface area (Å²) in [4.78, 5) is 11.9. The molecule has 1 saturated heterocycles. The van der Waals surface area contributed by atoms with Crippen LogP contribution in [0.1, 0.15) is 64.4 Å². The zero-order valence-electron chi connectivity index (χ0n) is 19.4. The quantitative estimate of drug-likeness (QED) is 0.472. The van der Waals surface area contributed by atoms with E-state index in [1.54, 1.807) is 0 Å². The van der Waals surface area contributed by atoms with Gasteiger partial charge in [-0.15, -0.1) is 0 Å². The first kappa shape index (κ1) is 26.9. The van der Waals surface area contributed by atoms with Gasteiger partial charge in [0.05, 0.1) is 21.2 Å². The number of rotatable bonds is 6. The lowest BCUT2D eigenvalue weighted by molar-refractivity contribution is -0.128. The average molecular weight is 521 g/mol. The molecule has 0 amide bonds. The second-order valence-electron chi connectivity index (χ2n) is 10.4. The summed E-state index contributed by atoms with van der Waals surface area (Å²) in [6.45, 7) is 6.15. The highest BCUT2D eigenvalue weighted by Crippen LogP contribution is 2.64. The Morgan fingerprint density at radius 2 is 1.91 bits per heavy atom. The fourth-order valence-corrected chi connectivity index (χ4v) is 7.83. The molecule has 3 aliphatic rings. The number of ketones is 1. The summed E-state index contributed by atoms with van der Waals surface area (Å²) in [5.74, 6) is -0.101. The number of hydrogen-bond donors (Lipinski definition) is 3. The Kier molecular flexibility index (Phi) is 8.24. The second kappa shape index (κ2) is 10.1. The van der Waals surface area contributed by atoms with E-state index in [1.807, 2.05) is 26.0 Å². The van der Waals surface area contributed by atoms with Crippen LogP contribution in [-0.4, -0.2) is 49.3 Å². The van der Waals surface area contributed by atoms with Crippen molar-refractivity contribution in [3.63, 3.8) is 0 Å². The molecule has 3 fully saturated rings. The van der Waals surface area contributed by atoms with Crippen LogP contribution in [-0.2, 0) is 20.3 Å². The van der Waals surface area contributed by atoms with E-state index in [1.165, 1.54) is 5.56 Å². The predicted octanol–water partition coefficient (Wildman–Crippen LogP) is 4.66. The molecule has 186 valence electrons. The minimum Gasteiger partial charge on any atom is -0.396 e. The molecule has 2 unspecified atom stereocenters. The maximum atomic E-state index is 11.9. The Labute approximate surface area is 207 Å². The number of carbonyl (C=O) groups excluding carboxylic acids is 1. The summed E-state index contributed by atoms with van der Waals surface area (Å²) in [5.41, 5.74) is 0.206. The molecule has 9 heteroatoms. The van der Waals surface area contributed by atoms with Crippen molar-refractivity contribution in [1.82, 2.24) is 5.32 Å². The van der Waals surface area contributed by atoms with E-state index >= 15 is 0 Å². The van der Waals surface area contributed by atoms with Gasteiger partial charge in [-0.25, -0.2) is 0 Å². The van der Waals surface area contributed by atoms with Crippen molar-refractivity contribution in [2.24, 2.45) is 16.7 Å². The van der Waals surface area contributed by atoms with Crippen LogP contribution in [0.25, 0.3) is 0 Å². The monoisotopic (exact) mass is 519 g/mol. The zero-order valence-corrected chi connectivity index (χ0v) is 21.7. The number of halogens is 2. The molecular formula is C24H35Cl2NO5S. The number of carbonyl (C=O) groups is 1. The summed E-state index contributed by atoms with van der Waals surface area (Å²) >= 11 is 12.1. The van der Waals surface area contributed by atoms with Gasteiger partial charge in [-0.2, -0.15) is 8.42 Å². The Morgan fingerprint density at radius 3 is 2.39 bits per heavy atom. The van der Waals surface area contributed by atoms with Gasteiger partial charge in [0.2, 0.25) is 0 Å². The summed E-state index contributed by atoms with van der Waals surface area (Å²) < 4.78 is 31.0. The molecular weight excluding hydrogens is 485 g/mol. The number of fused-ring (bicyclic) bond motifs is 2. The number of aliphatic hydroxyl groups is 1. The van der Waals surface area contributed by atoms with Gasteiger partial charge in [-0.3, -0.25) is 9.35 Å². The fourth-order valence-electron chi connectivity index (χ4n) is 6.23. The Hall–Kier alpha value is -0.700. The third-order valence-corrected chi connectivity index (χ3v) is 9.98. The second-order valence-corrected chi connectivity index (χ2v) is 12.7. The smallest absolute Gasteiger partial charge is 0.265 e. The lowest BCUT2D eigenvalue weighted by Gasteiger charge is -2.38. The molecule has 1 aromatic carbocycles. The first-order valence-corrected chi connectivity index (χ1v) is 14.0. The fraction of sp³-hybridized carbons (Fsp3) is 0.708. The Balaban J connectivity index is 0.000000189. The third-order valence-electron chi connectivity index (χ3n) is 8.39. The normalized spacial score (nSPS) is 30.7. The van der Waals surface area contributed by atoms with E-state index in [0.717, 1.165) is 45.2 Å². The highest BCUT2D eigenvalue weighted by molar-refractivity contribution is 7.85. The van der Waals surface area contributed by atoms with Crippen molar-refractivity contribution >= 4 is 39.1 Å². The van der Waals surface area contributed by atoms with Crippen molar-refractivity contribution in [3.05, 3.63) is 33.8 Å². The van der Waals surface area contributed by atoms with Crippen molar-refractivity contribution < 1.29 is 22.9 Å². The van der Waals surface area contributed by atoms with E-state index in [0.29, 0.717) is 22.9 Å². The number of nitrogens with one attached hydrogen (secondary N) is 1. The largest absolute Gasteiger partial charge is 0.396 e. The third kappa shape index (κ3) is 5.44. The van der Waals surface area contributed by atoms with Crippen LogP contribution in [0, 0.1) is 16.7 Å². The van der Waals surface area contributed by atoms with E-state index in [9.17, 15) is 13.2 Å². The van der Waals surface area contributed by atoms with Gasteiger partial charge >= 0.3 is 0 Å². The molecule has 0 radical (unpaired) electrons. The highest BCUT2D eigenvalue weighted by atomic mass is 35.5. The SMILES string of the molecule is CC1(C)C2CC[C@@]1(CS(=O)(=O)O)C(=O)C2.OCCCC1(c2ccc(Cl)c(Cl)c2)CCCNC1. The number of piperidine rings is 1. The van der Waals surface area contributed by atoms with Crippen LogP contribution in [0.2, 0.25) is 10.0 Å². The standard InChI is InChI=1S/C14H19Cl2NO.C10H16O4S/c15-12-4-3-11(9-13(12)16)14(6-2-8-18)5-1-7-17-10-14;1-9(2)7-3-4-10(9,8(11)5-7)6-15(12,13)14/h3-4,9,17-18H,1-2,5-8,10H2;7H,3-6H2,1-2H3,(H,12,13,14)/t;7?,10-/m.1/s1. The molecule has 33 heavy (non-hydrogen) atoms. The summed E-state index contributed by atoms with van der Waals surface area (Å²) in [5, 5.41) is 13.8. The highest BCUT2D eigenvalue weighted by Gasteiger charge is 2.65. The lowest BCUT2D eigenvalue weighted by atomic mass is 9.70. The van der Waals surface area contributed by atoms with E-state index in [-0.39, 0.29) is 29.1 Å². The summed E-state index contributed by atoms with van der Waals surface area (Å²) in [7, 11) is -4.08. The minimum absolute atomic E-state index is 0.0152. The molecule has 2 saturated carbocycles. The van der Waals surface area contributed by atoms with Crippen LogP contribution < -0.4 is 5.32 Å². The number of hydrogen-bond acceptors (Lipinski definition) is 5. The molecule has 1 heterocycles. The van der Waals surface area contributed by atoms with E-state index in [2.05, 4.69) is 11.4 Å². The van der Waals surface area contributed by atoms with Crippen molar-refractivity contribution in [2.75, 3.05) is 25.4 Å². The van der Waals surface area contributed by atoms with Gasteiger partial charge in [-0.1, -0.05) is 43.1 Å². The first-order valence-electron chi connectivity index (χ1n) is 11.6. The Bertz CT molecular complexity index is 975. The van der Waals surface area contributed by atoms with Gasteiger partial charge in [0.25, 0.3) is 10.1 Å². The van der Waals surface area contributed by atoms with Gasteiger partial charge < -0.3 is 10.4 Å². The van der Waals surface area contributed by atoms with Gasteiger partial charge in [0, 0.05) is 25.0 Å². The van der Waals surface area contributed by atoms with E-state index in [4.69, 9.17) is 32.9 Å². The lowest BCUT2D eigenvalue weighted by Crippen LogP contribution is -2.43. The molecule has 2 aliphatic carbocycles. The van der Waals surface area contributed by atoms with Crippen LogP contribution in [0.4, 0.5) is 0 Å². The number of aliphatic hydroxyl groups excluding tert-OH is 1. The Morgan fingerprint density at radius 1 is 1.18 bits per heavy atom. The first-order chi connectivity index (χ1) is 15.4. The van der Waals surface area contributed by atoms with Gasteiger partial charge in [0.1, 0.15) is 5.78 Å². The number of benzene rings is 1. The maximum absolute atomic E-state index is 11.9. The van der Waals surface area contributed by atoms with Crippen molar-refractivity contribution in [3.8, 4) is 0 Å². The maximum Gasteiger partial charge on any atom is 0.265 e. The minimum atomic E-state index is -4.08. The van der Waals surface area contributed by atoms with Crippen LogP contribution in [0.5, 0.6) is 0 Å². The molecule has 6 nitrogen and oxygen atoms in total. The molecule has 3 N–H and O–H groups in total. The molecule has 2 bridgehead atoms. The van der Waals surface area contributed by atoms with Crippen molar-refractivity contribution in [1.29, 1.82) is 0 Å². The van der Waals surface area contributed by atoms with Gasteiger partial charge in [-0.05, 0) is 74.1 Å². The zero-order chi connectivity index (χ0) is 24.5. The molecule has 1 aromatic rings. The van der Waals surface area contributed by atoms with Gasteiger partial charge in [0.15, 0.2) is 0 Å². The molecule has 4 rings (SSSR count). The summed E-state index contributed by atoms with van der Waals surface area (Å²) in [6.07, 6.45) is 6.07. The summed E-state index contributed by atoms with van der Waals surface area (Å²) in [6, 6.07) is 5.92. The van der Waals surface area contributed by atoms with Crippen molar-refractivity contribution in [2.45, 2.75) is 64.2 Å². The van der Waals surface area contributed by atoms with Crippen LogP contribution in [0.3, 0.4) is 0 Å². The molecule has 0 spiro atoms. The predicted molar refractivity (Wildman–Crippen MR) is 132 cm³/mol. The molecule has 0 aromatic heterocycles. The van der Waals surface area contributed by atoms with Crippen LogP contribution in [0.15, 0.2) is 18.2 Å². The van der Waals surface area contributed by atoms with Crippen LogP contribution >= 0.6 is 23.2 Å². The van der Waals surface area contributed by atoms with E-state index < -0.39 is 21.3 Å². The molecule has 1 aliphatic heterocycles. The molecule has 3 atom stereocenters. The average Bonchev–Trinajstić information content (AvgIpc) is 3.08. The number of Topliss-reactive ketones (excluding diaryl/α,β-unsaturated/α-hetero) is 1.